The van der Waals surface area contributed by atoms with Gasteiger partial charge in [0.05, 0.1) is 17.4 Å². The van der Waals surface area contributed by atoms with Gasteiger partial charge in [-0.05, 0) is 42.7 Å². The molecule has 2 aromatic carbocycles. The van der Waals surface area contributed by atoms with Crippen LogP contribution in [-0.4, -0.2) is 16.5 Å². The summed E-state index contributed by atoms with van der Waals surface area (Å²) in [4.78, 5) is 22.0. The van der Waals surface area contributed by atoms with Crippen molar-refractivity contribution in [3.05, 3.63) is 69.2 Å². The van der Waals surface area contributed by atoms with Crippen LogP contribution in [-0.2, 0) is 13.0 Å². The highest BCUT2D eigenvalue weighted by molar-refractivity contribution is 6.31. The average Bonchev–Trinajstić information content (AvgIpc) is 2.55. The number of nitrogens with one attached hydrogen (secondary N) is 1. The van der Waals surface area contributed by atoms with E-state index in [4.69, 9.17) is 11.6 Å². The summed E-state index contributed by atoms with van der Waals surface area (Å²) < 4.78 is 0. The van der Waals surface area contributed by atoms with Gasteiger partial charge in [0.25, 0.3) is 5.56 Å². The molecular weight excluding hydrogens is 310 g/mol. The lowest BCUT2D eigenvalue weighted by molar-refractivity contribution is 0.674. The first-order chi connectivity index (χ1) is 11.2. The Hall–Kier alpha value is -2.33. The highest BCUT2D eigenvalue weighted by atomic mass is 35.5. The quantitative estimate of drug-likeness (QED) is 0.784. The van der Waals surface area contributed by atoms with Crippen LogP contribution in [0, 0.1) is 0 Å². The van der Waals surface area contributed by atoms with Crippen LogP contribution >= 0.6 is 11.6 Å². The molecule has 0 bridgehead atoms. The van der Waals surface area contributed by atoms with Gasteiger partial charge in [-0.25, -0.2) is 4.98 Å². The van der Waals surface area contributed by atoms with Crippen molar-refractivity contribution < 1.29 is 0 Å². The van der Waals surface area contributed by atoms with E-state index >= 15 is 0 Å². The number of fused-ring (bicyclic) bond motifs is 2. The Balaban J connectivity index is 1.73. The van der Waals surface area contributed by atoms with E-state index in [2.05, 4.69) is 33.1 Å². The molecule has 0 unspecified atom stereocenters. The average molecular weight is 326 g/mol. The third-order valence-corrected chi connectivity index (χ3v) is 4.50. The molecular formula is C18H16ClN3O. The molecule has 0 fully saturated rings. The molecule has 0 saturated heterocycles. The summed E-state index contributed by atoms with van der Waals surface area (Å²) in [6.45, 7) is 1.56. The molecule has 1 aliphatic heterocycles. The highest BCUT2D eigenvalue weighted by Gasteiger charge is 2.17. The van der Waals surface area contributed by atoms with Crippen LogP contribution in [0.4, 0.5) is 5.69 Å². The standard InChI is InChI=1S/C18H16ClN3O/c19-13-7-8-14-15(10-13)20-17(21-18(14)23)11-22-9-3-5-12-4-1-2-6-16(12)22/h1-2,4,6-8,10H,3,5,9,11H2,(H,20,21,23). The van der Waals surface area contributed by atoms with Crippen molar-refractivity contribution in [2.75, 3.05) is 11.4 Å². The zero-order valence-electron chi connectivity index (χ0n) is 12.6. The fraction of sp³-hybridized carbons (Fsp3) is 0.222. The summed E-state index contributed by atoms with van der Waals surface area (Å²) >= 11 is 6.02. The molecule has 0 amide bonds. The fourth-order valence-corrected chi connectivity index (χ4v) is 3.36. The number of anilines is 1. The van der Waals surface area contributed by atoms with E-state index in [1.807, 2.05) is 6.07 Å². The third kappa shape index (κ3) is 2.70. The number of aromatic amines is 1. The molecule has 1 aromatic heterocycles. The van der Waals surface area contributed by atoms with Gasteiger partial charge in [0.2, 0.25) is 0 Å². The van der Waals surface area contributed by atoms with Gasteiger partial charge in [-0.1, -0.05) is 29.8 Å². The number of halogens is 1. The Kier molecular flexibility index (Phi) is 3.54. The van der Waals surface area contributed by atoms with Crippen LogP contribution in [0.1, 0.15) is 17.8 Å². The van der Waals surface area contributed by atoms with Gasteiger partial charge in [-0.3, -0.25) is 4.79 Å². The van der Waals surface area contributed by atoms with Crippen LogP contribution in [0.25, 0.3) is 10.9 Å². The zero-order valence-corrected chi connectivity index (χ0v) is 13.3. The molecule has 0 saturated carbocycles. The Morgan fingerprint density at radius 2 is 2.09 bits per heavy atom. The maximum Gasteiger partial charge on any atom is 0.258 e. The second kappa shape index (κ2) is 5.70. The molecule has 4 nitrogen and oxygen atoms in total. The monoisotopic (exact) mass is 325 g/mol. The Labute approximate surface area is 138 Å². The summed E-state index contributed by atoms with van der Waals surface area (Å²) in [5, 5.41) is 1.15. The summed E-state index contributed by atoms with van der Waals surface area (Å²) in [6, 6.07) is 13.6. The summed E-state index contributed by atoms with van der Waals surface area (Å²) in [7, 11) is 0. The molecule has 116 valence electrons. The Morgan fingerprint density at radius 1 is 1.22 bits per heavy atom. The van der Waals surface area contributed by atoms with Gasteiger partial charge in [0, 0.05) is 17.3 Å². The lowest BCUT2D eigenvalue weighted by Gasteiger charge is -2.30. The molecule has 0 radical (unpaired) electrons. The predicted octanol–water partition coefficient (Wildman–Crippen LogP) is 3.53. The van der Waals surface area contributed by atoms with E-state index in [0.29, 0.717) is 28.3 Å². The van der Waals surface area contributed by atoms with Crippen molar-refractivity contribution in [1.82, 2.24) is 9.97 Å². The number of hydrogen-bond donors (Lipinski definition) is 1. The zero-order chi connectivity index (χ0) is 15.8. The second-order valence-electron chi connectivity index (χ2n) is 5.83. The molecule has 4 rings (SSSR count). The smallest absolute Gasteiger partial charge is 0.258 e. The van der Waals surface area contributed by atoms with Gasteiger partial charge in [0.15, 0.2) is 0 Å². The second-order valence-corrected chi connectivity index (χ2v) is 6.26. The van der Waals surface area contributed by atoms with E-state index in [-0.39, 0.29) is 5.56 Å². The minimum Gasteiger partial charge on any atom is -0.364 e. The van der Waals surface area contributed by atoms with Gasteiger partial charge in [0.1, 0.15) is 5.82 Å². The lowest BCUT2D eigenvalue weighted by atomic mass is 10.0. The SMILES string of the molecule is O=c1[nH]c(CN2CCCc3ccccc32)nc2cc(Cl)ccc12. The summed E-state index contributed by atoms with van der Waals surface area (Å²) in [5.41, 5.74) is 3.10. The van der Waals surface area contributed by atoms with Crippen LogP contribution in [0.3, 0.4) is 0 Å². The number of H-pyrrole nitrogens is 1. The Morgan fingerprint density at radius 3 is 3.00 bits per heavy atom. The summed E-state index contributed by atoms with van der Waals surface area (Å²) in [6.07, 6.45) is 2.21. The number of aryl methyl sites for hydroxylation is 1. The number of nitrogens with zero attached hydrogens (tertiary/aromatic N) is 2. The van der Waals surface area contributed by atoms with Gasteiger partial charge in [-0.2, -0.15) is 0 Å². The van der Waals surface area contributed by atoms with Crippen LogP contribution < -0.4 is 10.5 Å². The number of aromatic nitrogens is 2. The van der Waals surface area contributed by atoms with E-state index in [1.54, 1.807) is 18.2 Å². The molecule has 0 spiro atoms. The number of para-hydroxylation sites is 1. The number of benzene rings is 2. The van der Waals surface area contributed by atoms with Crippen LogP contribution in [0.2, 0.25) is 5.02 Å². The normalized spacial score (nSPS) is 14.0. The fourth-order valence-electron chi connectivity index (χ4n) is 3.19. The molecule has 1 N–H and O–H groups in total. The predicted molar refractivity (Wildman–Crippen MR) is 93.2 cm³/mol. The van der Waals surface area contributed by atoms with Crippen molar-refractivity contribution in [1.29, 1.82) is 0 Å². The molecule has 2 heterocycles. The minimum atomic E-state index is -0.119. The first-order valence-electron chi connectivity index (χ1n) is 7.72. The Bertz CT molecular complexity index is 935. The summed E-state index contributed by atoms with van der Waals surface area (Å²) in [5.74, 6) is 0.668. The molecule has 0 atom stereocenters. The van der Waals surface area contributed by atoms with E-state index in [0.717, 1.165) is 19.4 Å². The van der Waals surface area contributed by atoms with Crippen LogP contribution in [0.15, 0.2) is 47.3 Å². The lowest BCUT2D eigenvalue weighted by Crippen LogP contribution is -2.30. The molecule has 1 aliphatic rings. The van der Waals surface area contributed by atoms with Crippen molar-refractivity contribution in [3.63, 3.8) is 0 Å². The van der Waals surface area contributed by atoms with Crippen molar-refractivity contribution in [2.24, 2.45) is 0 Å². The molecule has 3 aromatic rings. The largest absolute Gasteiger partial charge is 0.364 e. The first-order valence-corrected chi connectivity index (χ1v) is 8.10. The van der Waals surface area contributed by atoms with E-state index in [1.165, 1.54) is 11.3 Å². The minimum absolute atomic E-state index is 0.119. The van der Waals surface area contributed by atoms with Gasteiger partial charge in [-0.15, -0.1) is 0 Å². The number of rotatable bonds is 2. The first kappa shape index (κ1) is 14.3. The van der Waals surface area contributed by atoms with Gasteiger partial charge >= 0.3 is 0 Å². The van der Waals surface area contributed by atoms with Crippen molar-refractivity contribution in [2.45, 2.75) is 19.4 Å². The highest BCUT2D eigenvalue weighted by Crippen LogP contribution is 2.27. The van der Waals surface area contributed by atoms with Crippen molar-refractivity contribution in [3.8, 4) is 0 Å². The maximum atomic E-state index is 12.2. The maximum absolute atomic E-state index is 12.2. The third-order valence-electron chi connectivity index (χ3n) is 4.26. The van der Waals surface area contributed by atoms with Gasteiger partial charge < -0.3 is 9.88 Å². The van der Waals surface area contributed by atoms with Crippen LogP contribution in [0.5, 0.6) is 0 Å². The molecule has 0 aliphatic carbocycles. The molecule has 23 heavy (non-hydrogen) atoms. The van der Waals surface area contributed by atoms with E-state index in [9.17, 15) is 4.79 Å². The topological polar surface area (TPSA) is 49.0 Å². The van der Waals surface area contributed by atoms with Crippen molar-refractivity contribution >= 4 is 28.2 Å². The molecule has 5 heteroatoms. The van der Waals surface area contributed by atoms with E-state index < -0.39 is 0 Å². The number of hydrogen-bond acceptors (Lipinski definition) is 3.